The Hall–Kier alpha value is -0.780. The molecule has 0 saturated carbocycles. The molecule has 0 aromatic rings. The molecule has 1 aliphatic rings. The molecule has 17 heavy (non-hydrogen) atoms. The van der Waals surface area contributed by atoms with E-state index in [9.17, 15) is 0 Å². The Kier molecular flexibility index (Phi) is 14.5. The van der Waals surface area contributed by atoms with Crippen molar-refractivity contribution < 1.29 is 0 Å². The number of rotatable bonds is 3. The Balaban J connectivity index is 0. The van der Waals surface area contributed by atoms with Gasteiger partial charge in [0, 0.05) is 0 Å². The molecule has 0 nitrogen and oxygen atoms in total. The highest BCUT2D eigenvalue weighted by atomic mass is 14.2. The van der Waals surface area contributed by atoms with Gasteiger partial charge in [0.05, 0.1) is 0 Å². The number of hydrogen-bond acceptors (Lipinski definition) is 0. The molecule has 1 rings (SSSR count). The van der Waals surface area contributed by atoms with Gasteiger partial charge in [-0.25, -0.2) is 0 Å². The minimum absolute atomic E-state index is 0.889. The molecule has 1 aliphatic carbocycles. The van der Waals surface area contributed by atoms with E-state index in [4.69, 9.17) is 0 Å². The van der Waals surface area contributed by atoms with Crippen LogP contribution < -0.4 is 0 Å². The van der Waals surface area contributed by atoms with Gasteiger partial charge in [0.2, 0.25) is 0 Å². The molecule has 100 valence electrons. The monoisotopic (exact) mass is 236 g/mol. The van der Waals surface area contributed by atoms with Gasteiger partial charge in [-0.05, 0) is 39.0 Å². The van der Waals surface area contributed by atoms with Crippen LogP contribution in [0, 0.1) is 5.92 Å². The van der Waals surface area contributed by atoms with Crippen molar-refractivity contribution in [2.75, 3.05) is 0 Å². The summed E-state index contributed by atoms with van der Waals surface area (Å²) in [6, 6.07) is 0. The lowest BCUT2D eigenvalue weighted by molar-refractivity contribution is 0.624. The lowest BCUT2D eigenvalue weighted by atomic mass is 10.1. The second-order valence-corrected chi connectivity index (χ2v) is 5.11. The van der Waals surface area contributed by atoms with E-state index in [-0.39, 0.29) is 0 Å². The fraction of sp³-hybridized carbons (Fsp3) is 0.647. The van der Waals surface area contributed by atoms with Crippen molar-refractivity contribution in [1.29, 1.82) is 0 Å². The average Bonchev–Trinajstić information content (AvgIpc) is 2.64. The van der Waals surface area contributed by atoms with E-state index in [0.29, 0.717) is 0 Å². The molecule has 0 heteroatoms. The maximum Gasteiger partial charge on any atom is -0.0141 e. The number of allylic oxidation sites excluding steroid dienone is 4. The van der Waals surface area contributed by atoms with E-state index in [0.717, 1.165) is 12.3 Å². The summed E-state index contributed by atoms with van der Waals surface area (Å²) >= 11 is 0. The maximum absolute atomic E-state index is 3.71. The number of hydrogen-bond donors (Lipinski definition) is 0. The predicted molar refractivity (Wildman–Crippen MR) is 82.4 cm³/mol. The second kappa shape index (κ2) is 13.3. The quantitative estimate of drug-likeness (QED) is 0.504. The van der Waals surface area contributed by atoms with Crippen molar-refractivity contribution in [3.63, 3.8) is 0 Å². The molecule has 0 bridgehead atoms. The van der Waals surface area contributed by atoms with Crippen LogP contribution in [0.2, 0.25) is 0 Å². The van der Waals surface area contributed by atoms with Crippen LogP contribution in [0.4, 0.5) is 0 Å². The smallest absolute Gasteiger partial charge is 0.0141 e. The highest BCUT2D eigenvalue weighted by Gasteiger charge is 2.09. The summed E-state index contributed by atoms with van der Waals surface area (Å²) < 4.78 is 0. The van der Waals surface area contributed by atoms with E-state index in [1.165, 1.54) is 31.3 Å². The van der Waals surface area contributed by atoms with Crippen LogP contribution in [-0.4, -0.2) is 0 Å². The van der Waals surface area contributed by atoms with Crippen LogP contribution in [0.1, 0.15) is 66.7 Å². The van der Waals surface area contributed by atoms with E-state index >= 15 is 0 Å². The zero-order chi connectivity index (χ0) is 13.7. The van der Waals surface area contributed by atoms with Crippen LogP contribution in [0.25, 0.3) is 0 Å². The van der Waals surface area contributed by atoms with Crippen molar-refractivity contribution in [3.05, 3.63) is 36.5 Å². The SMILES string of the molecule is C=C(C)C.C=CCC1=CCC(C)C1.CCCC. The molecule has 0 aromatic carbocycles. The van der Waals surface area contributed by atoms with E-state index in [1.54, 1.807) is 5.57 Å². The van der Waals surface area contributed by atoms with Crippen molar-refractivity contribution >= 4 is 0 Å². The van der Waals surface area contributed by atoms with Crippen LogP contribution >= 0.6 is 0 Å². The van der Waals surface area contributed by atoms with Gasteiger partial charge >= 0.3 is 0 Å². The summed E-state index contributed by atoms with van der Waals surface area (Å²) in [5.41, 5.74) is 2.75. The molecule has 1 atom stereocenters. The highest BCUT2D eigenvalue weighted by Crippen LogP contribution is 2.26. The molecule has 0 fully saturated rings. The molecule has 0 saturated heterocycles. The molecular formula is C17H32. The lowest BCUT2D eigenvalue weighted by Crippen LogP contribution is -1.84. The third kappa shape index (κ3) is 17.8. The Labute approximate surface area is 110 Å². The Morgan fingerprint density at radius 1 is 1.35 bits per heavy atom. The average molecular weight is 236 g/mol. The van der Waals surface area contributed by atoms with Crippen molar-refractivity contribution in [2.45, 2.75) is 66.7 Å². The van der Waals surface area contributed by atoms with Gasteiger partial charge in [0.25, 0.3) is 0 Å². The summed E-state index contributed by atoms with van der Waals surface area (Å²) in [5, 5.41) is 0. The summed E-state index contributed by atoms with van der Waals surface area (Å²) in [7, 11) is 0. The molecule has 1 unspecified atom stereocenters. The molecule has 0 N–H and O–H groups in total. The van der Waals surface area contributed by atoms with E-state index in [1.807, 2.05) is 19.9 Å². The van der Waals surface area contributed by atoms with Gasteiger partial charge in [-0.1, -0.05) is 56.9 Å². The Morgan fingerprint density at radius 2 is 1.82 bits per heavy atom. The van der Waals surface area contributed by atoms with Gasteiger partial charge in [-0.3, -0.25) is 0 Å². The molecule has 0 spiro atoms. The maximum atomic E-state index is 3.71. The summed E-state index contributed by atoms with van der Waals surface area (Å²) in [5.74, 6) is 0.889. The van der Waals surface area contributed by atoms with E-state index < -0.39 is 0 Å². The van der Waals surface area contributed by atoms with Gasteiger partial charge in [-0.2, -0.15) is 0 Å². The molecule has 0 aliphatic heterocycles. The lowest BCUT2D eigenvalue weighted by Gasteiger charge is -1.98. The first-order chi connectivity index (χ1) is 7.97. The Bertz CT molecular complexity index is 214. The predicted octanol–water partition coefficient (Wildman–Crippen LogP) is 6.31. The normalized spacial score (nSPS) is 17.0. The first-order valence-corrected chi connectivity index (χ1v) is 6.88. The molecular weight excluding hydrogens is 204 g/mol. The second-order valence-electron chi connectivity index (χ2n) is 5.11. The van der Waals surface area contributed by atoms with Crippen molar-refractivity contribution in [3.8, 4) is 0 Å². The van der Waals surface area contributed by atoms with Gasteiger partial charge in [0.1, 0.15) is 0 Å². The van der Waals surface area contributed by atoms with Crippen molar-refractivity contribution in [2.24, 2.45) is 5.92 Å². The standard InChI is InChI=1S/C9H14.C4H8.C4H10/c1-3-4-9-6-5-8(2)7-9;1-4(2)3;1-3-4-2/h3,6,8H,1,4-5,7H2,2H3;1H2,2-3H3;3-4H2,1-2H3. The van der Waals surface area contributed by atoms with Crippen LogP contribution in [0.3, 0.4) is 0 Å². The molecule has 0 amide bonds. The van der Waals surface area contributed by atoms with Crippen LogP contribution in [0.5, 0.6) is 0 Å². The minimum atomic E-state index is 0.889. The van der Waals surface area contributed by atoms with Gasteiger partial charge < -0.3 is 0 Å². The van der Waals surface area contributed by atoms with E-state index in [2.05, 4.69) is 40.0 Å². The third-order valence-corrected chi connectivity index (χ3v) is 2.33. The summed E-state index contributed by atoms with van der Waals surface area (Å²) in [4.78, 5) is 0. The first-order valence-electron chi connectivity index (χ1n) is 6.88. The van der Waals surface area contributed by atoms with Gasteiger partial charge in [0.15, 0.2) is 0 Å². The fourth-order valence-electron chi connectivity index (χ4n) is 1.33. The topological polar surface area (TPSA) is 0 Å². The van der Waals surface area contributed by atoms with Crippen LogP contribution in [-0.2, 0) is 0 Å². The highest BCUT2D eigenvalue weighted by molar-refractivity contribution is 5.12. The largest absolute Gasteiger partial charge is 0.103 e. The summed E-state index contributed by atoms with van der Waals surface area (Å²) in [6.45, 7) is 17.9. The van der Waals surface area contributed by atoms with Gasteiger partial charge in [-0.15, -0.1) is 13.2 Å². The fourth-order valence-corrected chi connectivity index (χ4v) is 1.33. The summed E-state index contributed by atoms with van der Waals surface area (Å²) in [6.07, 6.45) is 10.7. The molecule has 0 heterocycles. The van der Waals surface area contributed by atoms with Crippen molar-refractivity contribution in [1.82, 2.24) is 0 Å². The molecule has 0 radical (unpaired) electrons. The zero-order valence-corrected chi connectivity index (χ0v) is 12.7. The van der Waals surface area contributed by atoms with Crippen LogP contribution in [0.15, 0.2) is 36.5 Å². The first kappa shape index (κ1) is 18.6. The Morgan fingerprint density at radius 3 is 2.06 bits per heavy atom. The zero-order valence-electron chi connectivity index (χ0n) is 12.7. The minimum Gasteiger partial charge on any atom is -0.103 e. The molecule has 0 aromatic heterocycles. The number of unbranched alkanes of at least 4 members (excludes halogenated alkanes) is 1. The third-order valence-electron chi connectivity index (χ3n) is 2.33.